The van der Waals surface area contributed by atoms with Crippen LogP contribution in [0.25, 0.3) is 0 Å². The van der Waals surface area contributed by atoms with Crippen molar-refractivity contribution in [3.8, 4) is 0 Å². The second-order valence-corrected chi connectivity index (χ2v) is 3.58. The van der Waals surface area contributed by atoms with Gasteiger partial charge < -0.3 is 4.74 Å². The van der Waals surface area contributed by atoms with Gasteiger partial charge in [-0.1, -0.05) is 6.92 Å². The quantitative estimate of drug-likeness (QED) is 0.480. The van der Waals surface area contributed by atoms with Gasteiger partial charge in [-0.2, -0.15) is 0 Å². The van der Waals surface area contributed by atoms with E-state index < -0.39 is 0 Å². The molecule has 2 rings (SSSR count). The van der Waals surface area contributed by atoms with Crippen LogP contribution in [0.5, 0.6) is 0 Å². The minimum Gasteiger partial charge on any atom is -0.378 e. The van der Waals surface area contributed by atoms with Crippen molar-refractivity contribution in [3.63, 3.8) is 0 Å². The zero-order valence-electron chi connectivity index (χ0n) is 6.13. The van der Waals surface area contributed by atoms with E-state index in [1.807, 2.05) is 0 Å². The molecule has 9 heavy (non-hydrogen) atoms. The van der Waals surface area contributed by atoms with Crippen LogP contribution in [0.1, 0.15) is 20.3 Å². The number of fused-ring (bicyclic) bond motifs is 1. The van der Waals surface area contributed by atoms with Crippen LogP contribution in [0.15, 0.2) is 0 Å². The van der Waals surface area contributed by atoms with Gasteiger partial charge in [-0.05, 0) is 31.1 Å². The zero-order valence-corrected chi connectivity index (χ0v) is 6.13. The first-order chi connectivity index (χ1) is 4.29. The van der Waals surface area contributed by atoms with E-state index in [1.165, 1.54) is 6.42 Å². The molecule has 0 amide bonds. The summed E-state index contributed by atoms with van der Waals surface area (Å²) in [6, 6.07) is 0. The molecule has 0 aromatic rings. The van der Waals surface area contributed by atoms with Gasteiger partial charge in [-0.3, -0.25) is 0 Å². The van der Waals surface area contributed by atoms with Crippen molar-refractivity contribution in [3.05, 3.63) is 0 Å². The predicted octanol–water partition coefficient (Wildman–Crippen LogP) is 1.68. The minimum atomic E-state index is 0.561. The van der Waals surface area contributed by atoms with Gasteiger partial charge in [0.15, 0.2) is 0 Å². The summed E-state index contributed by atoms with van der Waals surface area (Å²) in [5.41, 5.74) is 0. The zero-order chi connectivity index (χ0) is 6.43. The highest BCUT2D eigenvalue weighted by atomic mass is 16.5. The molecule has 0 bridgehead atoms. The van der Waals surface area contributed by atoms with Gasteiger partial charge in [0.05, 0.1) is 12.7 Å². The largest absolute Gasteiger partial charge is 0.378 e. The van der Waals surface area contributed by atoms with Crippen molar-refractivity contribution in [2.75, 3.05) is 6.61 Å². The third kappa shape index (κ3) is 0.644. The topological polar surface area (TPSA) is 9.23 Å². The SMILES string of the molecule is C[C@@H]1OCC2C1C[C@@H]2C. The van der Waals surface area contributed by atoms with Crippen LogP contribution >= 0.6 is 0 Å². The summed E-state index contributed by atoms with van der Waals surface area (Å²) < 4.78 is 5.51. The van der Waals surface area contributed by atoms with Crippen molar-refractivity contribution < 1.29 is 4.74 Å². The molecular formula is C8H14O. The molecule has 0 N–H and O–H groups in total. The number of ether oxygens (including phenoxy) is 1. The highest BCUT2D eigenvalue weighted by Gasteiger charge is 2.46. The molecule has 0 radical (unpaired) electrons. The first-order valence-electron chi connectivity index (χ1n) is 3.90. The van der Waals surface area contributed by atoms with E-state index in [1.54, 1.807) is 0 Å². The van der Waals surface area contributed by atoms with Gasteiger partial charge >= 0.3 is 0 Å². The van der Waals surface area contributed by atoms with Crippen LogP contribution in [0, 0.1) is 17.8 Å². The Labute approximate surface area is 56.4 Å². The van der Waals surface area contributed by atoms with Crippen LogP contribution in [-0.4, -0.2) is 12.7 Å². The Kier molecular flexibility index (Phi) is 1.10. The van der Waals surface area contributed by atoms with Crippen LogP contribution in [0.4, 0.5) is 0 Å². The molecule has 0 spiro atoms. The number of hydrogen-bond donors (Lipinski definition) is 0. The molecule has 1 aliphatic heterocycles. The molecule has 2 aliphatic rings. The molecule has 0 aromatic heterocycles. The Hall–Kier alpha value is -0.0400. The van der Waals surface area contributed by atoms with Crippen LogP contribution in [0.3, 0.4) is 0 Å². The first-order valence-corrected chi connectivity index (χ1v) is 3.90. The summed E-state index contributed by atoms with van der Waals surface area (Å²) in [6.45, 7) is 5.58. The molecule has 2 unspecified atom stereocenters. The van der Waals surface area contributed by atoms with E-state index in [9.17, 15) is 0 Å². The molecular weight excluding hydrogens is 112 g/mol. The second-order valence-electron chi connectivity index (χ2n) is 3.58. The average Bonchev–Trinajstić information content (AvgIpc) is 2.07. The normalized spacial score (nSPS) is 56.7. The van der Waals surface area contributed by atoms with Crippen molar-refractivity contribution in [1.82, 2.24) is 0 Å². The van der Waals surface area contributed by atoms with Gasteiger partial charge in [0.1, 0.15) is 0 Å². The summed E-state index contributed by atoms with van der Waals surface area (Å²) in [4.78, 5) is 0. The smallest absolute Gasteiger partial charge is 0.0579 e. The van der Waals surface area contributed by atoms with Gasteiger partial charge in [0.2, 0.25) is 0 Å². The molecule has 1 saturated heterocycles. The number of rotatable bonds is 0. The molecule has 1 heteroatoms. The van der Waals surface area contributed by atoms with Gasteiger partial charge in [-0.25, -0.2) is 0 Å². The molecule has 0 aromatic carbocycles. The van der Waals surface area contributed by atoms with Gasteiger partial charge in [0, 0.05) is 0 Å². The summed E-state index contributed by atoms with van der Waals surface area (Å²) in [6.07, 6.45) is 1.97. The Morgan fingerprint density at radius 1 is 1.22 bits per heavy atom. The van der Waals surface area contributed by atoms with E-state index in [-0.39, 0.29) is 0 Å². The van der Waals surface area contributed by atoms with Crippen LogP contribution in [0.2, 0.25) is 0 Å². The summed E-state index contributed by atoms with van der Waals surface area (Å²) in [5, 5.41) is 0. The summed E-state index contributed by atoms with van der Waals surface area (Å²) in [5.74, 6) is 2.78. The third-order valence-electron chi connectivity index (χ3n) is 3.08. The fourth-order valence-electron chi connectivity index (χ4n) is 2.22. The molecule has 4 atom stereocenters. The monoisotopic (exact) mass is 126 g/mol. The lowest BCUT2D eigenvalue weighted by atomic mass is 9.66. The van der Waals surface area contributed by atoms with Crippen LogP contribution in [-0.2, 0) is 4.74 Å². The van der Waals surface area contributed by atoms with E-state index in [0.29, 0.717) is 6.10 Å². The molecule has 1 saturated carbocycles. The fraction of sp³-hybridized carbons (Fsp3) is 1.00. The maximum Gasteiger partial charge on any atom is 0.0579 e. The molecule has 52 valence electrons. The Morgan fingerprint density at radius 2 is 2.00 bits per heavy atom. The second kappa shape index (κ2) is 1.72. The predicted molar refractivity (Wildman–Crippen MR) is 36.2 cm³/mol. The van der Waals surface area contributed by atoms with Crippen molar-refractivity contribution in [2.45, 2.75) is 26.4 Å². The van der Waals surface area contributed by atoms with Crippen molar-refractivity contribution in [2.24, 2.45) is 17.8 Å². The maximum absolute atomic E-state index is 5.51. The lowest BCUT2D eigenvalue weighted by Crippen LogP contribution is -2.35. The third-order valence-corrected chi connectivity index (χ3v) is 3.08. The summed E-state index contributed by atoms with van der Waals surface area (Å²) in [7, 11) is 0. The van der Waals surface area contributed by atoms with Crippen molar-refractivity contribution in [1.29, 1.82) is 0 Å². The lowest BCUT2D eigenvalue weighted by molar-refractivity contribution is 0.0935. The molecule has 1 aliphatic carbocycles. The maximum atomic E-state index is 5.51. The molecule has 1 nitrogen and oxygen atoms in total. The number of hydrogen-bond acceptors (Lipinski definition) is 1. The Morgan fingerprint density at radius 3 is 2.44 bits per heavy atom. The highest BCUT2D eigenvalue weighted by Crippen LogP contribution is 2.47. The Balaban J connectivity index is 2.03. The standard InChI is InChI=1S/C8H14O/c1-5-3-7-6(2)9-4-8(5)7/h5-8H,3-4H2,1-2H3/t5-,6-,7?,8?/m0/s1. The van der Waals surface area contributed by atoms with E-state index in [4.69, 9.17) is 4.74 Å². The van der Waals surface area contributed by atoms with E-state index in [2.05, 4.69) is 13.8 Å². The Bertz CT molecular complexity index is 120. The fourth-order valence-corrected chi connectivity index (χ4v) is 2.22. The van der Waals surface area contributed by atoms with Crippen molar-refractivity contribution >= 4 is 0 Å². The lowest BCUT2D eigenvalue weighted by Gasteiger charge is -2.37. The van der Waals surface area contributed by atoms with Gasteiger partial charge in [0.25, 0.3) is 0 Å². The van der Waals surface area contributed by atoms with Crippen LogP contribution < -0.4 is 0 Å². The molecule has 2 fully saturated rings. The average molecular weight is 126 g/mol. The highest BCUT2D eigenvalue weighted by molar-refractivity contribution is 4.93. The van der Waals surface area contributed by atoms with E-state index >= 15 is 0 Å². The van der Waals surface area contributed by atoms with E-state index in [0.717, 1.165) is 24.4 Å². The minimum absolute atomic E-state index is 0.561. The summed E-state index contributed by atoms with van der Waals surface area (Å²) >= 11 is 0. The van der Waals surface area contributed by atoms with Gasteiger partial charge in [-0.15, -0.1) is 0 Å². The molecule has 1 heterocycles. The first kappa shape index (κ1) is 5.72.